The molecular weight excluding hydrogens is 1080 g/mol. The molecule has 0 radical (unpaired) electrons. The number of hydrogen-bond donors (Lipinski definition) is 3. The van der Waals surface area contributed by atoms with Crippen LogP contribution in [0.25, 0.3) is 32.3 Å². The Morgan fingerprint density at radius 1 is 0.529 bits per heavy atom. The van der Waals surface area contributed by atoms with Crippen LogP contribution in [0.2, 0.25) is 0 Å². The normalized spacial score (nSPS) is 20.7. The zero-order valence-corrected chi connectivity index (χ0v) is 48.5. The molecular formula is C65H74F2N12O6. The van der Waals surface area contributed by atoms with E-state index in [1.165, 1.54) is 37.4 Å². The fraction of sp³-hybridized carbons (Fsp3) is 0.400. The molecule has 15 rings (SSSR count). The van der Waals surface area contributed by atoms with Crippen molar-refractivity contribution >= 4 is 56.1 Å². The Morgan fingerprint density at radius 2 is 0.988 bits per heavy atom. The number of fused-ring (bicyclic) bond motifs is 7. The summed E-state index contributed by atoms with van der Waals surface area (Å²) in [6.07, 6.45) is 17.8. The van der Waals surface area contributed by atoms with E-state index in [4.69, 9.17) is 14.2 Å². The first-order chi connectivity index (χ1) is 41.2. The van der Waals surface area contributed by atoms with E-state index in [1.54, 1.807) is 60.0 Å². The lowest BCUT2D eigenvalue weighted by Crippen LogP contribution is -2.63. The monoisotopic (exact) mass is 1160 g/mol. The number of carbonyl (C=O) groups is 2. The smallest absolute Gasteiger partial charge is 0.410 e. The Labute approximate surface area is 494 Å². The molecule has 85 heavy (non-hydrogen) atoms. The molecule has 12 heterocycles. The first kappa shape index (κ1) is 58.3. The lowest BCUT2D eigenvalue weighted by molar-refractivity contribution is 0.00151. The van der Waals surface area contributed by atoms with Crippen LogP contribution in [0.4, 0.5) is 30.0 Å². The fourth-order valence-corrected chi connectivity index (χ4v) is 11.9. The Balaban J connectivity index is 0.000000120. The standard InChI is InChI=1S/C24H24FN5O2.C12H12N2O.C11H14FN3.C9H17NO2.C9H7NO/c25-17-4-7-23(27-11-17)30-18-5-6-19(30)13-28(12-18)24(31)29-14-20(15-29)32-22-3-1-2-16-10-26-9-8-21(16)22;1-2-9-6-13-5-4-11(9)12(3-1)15-10-7-14-8-10;12-8-1-4-11(14-5-8)15-9-2-3-10(15)7-13-6-9;1-7-5-10(6-7)8(11)12-9(2,3)4;11-9-3-1-2-7-6-10-5-4-8(7)9/h1-4,7-11,18-20H,5-6,12-15H2;1-6,10,14H,7-8H2;1,4-5,9-10,13H,2-3,6-7H2;7H,5-6H2,1-4H3;1-6,11H. The summed E-state index contributed by atoms with van der Waals surface area (Å²) in [5, 5.41) is 22.1. The van der Waals surface area contributed by atoms with Gasteiger partial charge in [-0.15, -0.1) is 0 Å². The predicted molar refractivity (Wildman–Crippen MR) is 324 cm³/mol. The van der Waals surface area contributed by atoms with Crippen molar-refractivity contribution in [1.29, 1.82) is 0 Å². The van der Waals surface area contributed by atoms with Gasteiger partial charge in [0.15, 0.2) is 0 Å². The maximum atomic E-state index is 13.3. The van der Waals surface area contributed by atoms with Crippen LogP contribution in [-0.4, -0.2) is 164 Å². The lowest BCUT2D eigenvalue weighted by atomic mass is 10.0. The summed E-state index contributed by atoms with van der Waals surface area (Å²) in [4.78, 5) is 55.2. The number of halogens is 2. The van der Waals surface area contributed by atoms with Gasteiger partial charge in [-0.25, -0.2) is 28.3 Å². The molecule has 0 aliphatic carbocycles. The minimum absolute atomic E-state index is 0.000795. The van der Waals surface area contributed by atoms with Crippen LogP contribution in [0.3, 0.4) is 0 Å². The summed E-state index contributed by atoms with van der Waals surface area (Å²) in [5.74, 6) is 3.87. The second-order valence-electron chi connectivity index (χ2n) is 23.7. The van der Waals surface area contributed by atoms with Crippen molar-refractivity contribution in [2.24, 2.45) is 5.92 Å². The third kappa shape index (κ3) is 14.2. The van der Waals surface area contributed by atoms with Crippen LogP contribution >= 0.6 is 0 Å². The van der Waals surface area contributed by atoms with Crippen LogP contribution in [0.1, 0.15) is 53.4 Å². The molecule has 0 spiro atoms. The maximum Gasteiger partial charge on any atom is 0.410 e. The van der Waals surface area contributed by atoms with Crippen LogP contribution < -0.4 is 29.9 Å². The van der Waals surface area contributed by atoms with Crippen molar-refractivity contribution < 1.29 is 37.7 Å². The number of ether oxygens (including phenoxy) is 3. The number of rotatable bonds is 6. The third-order valence-electron chi connectivity index (χ3n) is 16.2. The minimum Gasteiger partial charge on any atom is -0.507 e. The van der Waals surface area contributed by atoms with Gasteiger partial charge in [0, 0.05) is 146 Å². The number of likely N-dealkylation sites (tertiary alicyclic amines) is 3. The summed E-state index contributed by atoms with van der Waals surface area (Å²) in [7, 11) is 0. The Morgan fingerprint density at radius 3 is 1.46 bits per heavy atom. The van der Waals surface area contributed by atoms with Crippen molar-refractivity contribution in [2.45, 2.75) is 95.4 Å². The predicted octanol–water partition coefficient (Wildman–Crippen LogP) is 9.87. The van der Waals surface area contributed by atoms with Gasteiger partial charge in [-0.2, -0.15) is 0 Å². The third-order valence-corrected chi connectivity index (χ3v) is 16.2. The summed E-state index contributed by atoms with van der Waals surface area (Å²) in [6.45, 7) is 15.9. The zero-order chi connectivity index (χ0) is 59.0. The van der Waals surface area contributed by atoms with Crippen LogP contribution in [0.15, 0.2) is 147 Å². The Hall–Kier alpha value is -8.49. The largest absolute Gasteiger partial charge is 0.507 e. The SMILES string of the molecule is CC1CN(C(=O)OC(C)(C)C)C1.Fc1ccc(N2C3CCC2CNC3)nc1.O=C(N1CC(Oc2cccc3cnccc23)C1)N1CC2CCC(C1)N2c1ccc(F)cn1.Oc1cccc2cnccc12.c1cc(OC2CNC2)c2ccncc2c1. The second kappa shape index (κ2) is 26.2. The number of hydrogen-bond acceptors (Lipinski definition) is 15. The molecule has 4 atom stereocenters. The number of piperazine rings is 2. The van der Waals surface area contributed by atoms with Crippen LogP contribution in [0, 0.1) is 17.6 Å². The molecule has 4 unspecified atom stereocenters. The van der Waals surface area contributed by atoms with Crippen LogP contribution in [0.5, 0.6) is 17.2 Å². The van der Waals surface area contributed by atoms with Gasteiger partial charge in [-0.05, 0) is 113 Å². The van der Waals surface area contributed by atoms with E-state index in [1.807, 2.05) is 97.6 Å². The van der Waals surface area contributed by atoms with Crippen LogP contribution in [-0.2, 0) is 4.74 Å². The van der Waals surface area contributed by atoms with Crippen molar-refractivity contribution in [2.75, 3.05) is 75.2 Å². The van der Waals surface area contributed by atoms with Gasteiger partial charge < -0.3 is 54.5 Å². The number of aromatic nitrogens is 5. The number of carbonyl (C=O) groups excluding carboxylic acids is 2. The van der Waals surface area contributed by atoms with Crippen molar-refractivity contribution in [3.05, 3.63) is 158 Å². The van der Waals surface area contributed by atoms with E-state index < -0.39 is 0 Å². The van der Waals surface area contributed by atoms with Gasteiger partial charge >= 0.3 is 12.1 Å². The molecule has 7 saturated heterocycles. The molecule has 3 amide bonds. The van der Waals surface area contributed by atoms with Crippen molar-refractivity contribution in [1.82, 2.24) is 50.3 Å². The average Bonchev–Trinajstić information content (AvgIpc) is 3.53. The molecule has 5 aromatic heterocycles. The van der Waals surface area contributed by atoms with Gasteiger partial charge in [0.05, 0.1) is 25.5 Å². The van der Waals surface area contributed by atoms with E-state index >= 15 is 0 Å². The molecule has 444 valence electrons. The molecule has 0 saturated carbocycles. The highest BCUT2D eigenvalue weighted by Gasteiger charge is 2.45. The van der Waals surface area contributed by atoms with Gasteiger partial charge in [-0.1, -0.05) is 43.3 Å². The van der Waals surface area contributed by atoms with E-state index in [-0.39, 0.29) is 47.5 Å². The molecule has 4 bridgehead atoms. The molecule has 3 N–H and O–H groups in total. The topological polar surface area (TPSA) is 187 Å². The van der Waals surface area contributed by atoms with E-state index in [9.17, 15) is 23.5 Å². The molecule has 8 aromatic rings. The van der Waals surface area contributed by atoms with E-state index in [2.05, 4.69) is 52.3 Å². The minimum atomic E-state index is -0.365. The van der Waals surface area contributed by atoms with Crippen molar-refractivity contribution in [3.8, 4) is 17.2 Å². The summed E-state index contributed by atoms with van der Waals surface area (Å²) < 4.78 is 43.3. The molecule has 7 fully saturated rings. The lowest BCUT2D eigenvalue weighted by Gasteiger charge is -2.46. The quantitative estimate of drug-likeness (QED) is 0.143. The van der Waals surface area contributed by atoms with Gasteiger partial charge in [0.25, 0.3) is 0 Å². The van der Waals surface area contributed by atoms with Crippen molar-refractivity contribution in [3.63, 3.8) is 0 Å². The highest BCUT2D eigenvalue weighted by molar-refractivity contribution is 5.89. The number of nitrogens with zero attached hydrogens (tertiary/aromatic N) is 10. The number of urea groups is 1. The number of amides is 3. The summed E-state index contributed by atoms with van der Waals surface area (Å²) in [5.41, 5.74) is -0.365. The van der Waals surface area contributed by atoms with E-state index in [0.29, 0.717) is 56.0 Å². The Bertz CT molecular complexity index is 3500. The number of anilines is 2. The highest BCUT2D eigenvalue weighted by Crippen LogP contribution is 2.36. The Kier molecular flexibility index (Phi) is 18.0. The van der Waals surface area contributed by atoms with Gasteiger partial charge in [-0.3, -0.25) is 15.0 Å². The second-order valence-corrected chi connectivity index (χ2v) is 23.7. The number of pyridine rings is 5. The van der Waals surface area contributed by atoms with E-state index in [0.717, 1.165) is 108 Å². The average molecular weight is 1160 g/mol. The molecule has 7 aliphatic rings. The van der Waals surface area contributed by atoms with Gasteiger partial charge in [0.1, 0.15) is 58.3 Å². The summed E-state index contributed by atoms with van der Waals surface area (Å²) >= 11 is 0. The fourth-order valence-electron chi connectivity index (χ4n) is 11.9. The number of aromatic hydroxyl groups is 1. The molecule has 20 heteroatoms. The van der Waals surface area contributed by atoms with Gasteiger partial charge in [0.2, 0.25) is 0 Å². The molecule has 3 aromatic carbocycles. The number of phenols is 1. The highest BCUT2D eigenvalue weighted by atomic mass is 19.1. The molecule has 18 nitrogen and oxygen atoms in total. The number of phenolic OH excluding ortho intramolecular Hbond substituents is 1. The first-order valence-electron chi connectivity index (χ1n) is 29.4. The number of nitrogens with one attached hydrogen (secondary N) is 2. The molecule has 7 aliphatic heterocycles. The number of benzene rings is 3. The zero-order valence-electron chi connectivity index (χ0n) is 48.5. The first-order valence-corrected chi connectivity index (χ1v) is 29.4. The maximum absolute atomic E-state index is 13.3. The summed E-state index contributed by atoms with van der Waals surface area (Å²) in [6, 6.07) is 31.2.